The fourth-order valence-corrected chi connectivity index (χ4v) is 4.04. The van der Waals surface area contributed by atoms with Crippen LogP contribution in [0.25, 0.3) is 0 Å². The van der Waals surface area contributed by atoms with Crippen molar-refractivity contribution in [1.82, 2.24) is 20.9 Å². The van der Waals surface area contributed by atoms with Crippen molar-refractivity contribution in [2.24, 2.45) is 0 Å². The molecule has 1 aliphatic carbocycles. The number of alkyl halides is 3. The first-order valence-electron chi connectivity index (χ1n) is 10.1. The third kappa shape index (κ3) is 6.33. The van der Waals surface area contributed by atoms with Gasteiger partial charge in [-0.2, -0.15) is 13.2 Å². The molecule has 0 bridgehead atoms. The Balaban J connectivity index is 1.35. The zero-order valence-corrected chi connectivity index (χ0v) is 16.7. The summed E-state index contributed by atoms with van der Waals surface area (Å²) in [4.78, 5) is 37.0. The van der Waals surface area contributed by atoms with E-state index in [1.807, 2.05) is 0 Å². The lowest BCUT2D eigenvalue weighted by molar-refractivity contribution is -0.137. The van der Waals surface area contributed by atoms with E-state index in [0.29, 0.717) is 19.1 Å². The number of hydrogen-bond acceptors (Lipinski definition) is 4. The molecule has 1 aromatic carbocycles. The fourth-order valence-electron chi connectivity index (χ4n) is 4.04. The zero-order chi connectivity index (χ0) is 22.6. The second-order valence-electron chi connectivity index (χ2n) is 7.93. The molecule has 3 rings (SSSR count). The van der Waals surface area contributed by atoms with Gasteiger partial charge < -0.3 is 21.1 Å². The Hall–Kier alpha value is -2.82. The summed E-state index contributed by atoms with van der Waals surface area (Å²) in [5, 5.41) is 16.4. The third-order valence-electron chi connectivity index (χ3n) is 5.68. The molecule has 1 saturated carbocycles. The Morgan fingerprint density at radius 1 is 1.03 bits per heavy atom. The minimum Gasteiger partial charge on any atom is -0.465 e. The van der Waals surface area contributed by atoms with E-state index in [1.54, 1.807) is 0 Å². The van der Waals surface area contributed by atoms with Crippen LogP contribution in [0.3, 0.4) is 0 Å². The molecule has 0 spiro atoms. The molecule has 0 unspecified atom stereocenters. The predicted molar refractivity (Wildman–Crippen MR) is 104 cm³/mol. The molecule has 2 aliphatic rings. The maximum atomic E-state index is 12.7. The molecule has 0 radical (unpaired) electrons. The molecule has 0 atom stereocenters. The highest BCUT2D eigenvalue weighted by Crippen LogP contribution is 2.29. The number of amides is 3. The number of nitrogens with one attached hydrogen (secondary N) is 3. The summed E-state index contributed by atoms with van der Waals surface area (Å²) in [7, 11) is 0. The smallest absolute Gasteiger partial charge is 0.416 e. The summed E-state index contributed by atoms with van der Waals surface area (Å²) in [6.07, 6.45) is -2.21. The minimum absolute atomic E-state index is 0.00837. The summed E-state index contributed by atoms with van der Waals surface area (Å²) in [6, 6.07) is 4.33. The van der Waals surface area contributed by atoms with Crippen molar-refractivity contribution in [2.45, 2.75) is 50.0 Å². The van der Waals surface area contributed by atoms with Gasteiger partial charge in [-0.25, -0.2) is 4.79 Å². The van der Waals surface area contributed by atoms with Gasteiger partial charge in [0.1, 0.15) is 0 Å². The molecule has 0 aromatic heterocycles. The maximum Gasteiger partial charge on any atom is 0.416 e. The Morgan fingerprint density at radius 2 is 1.71 bits per heavy atom. The quantitative estimate of drug-likeness (QED) is 0.537. The van der Waals surface area contributed by atoms with Gasteiger partial charge in [0, 0.05) is 30.7 Å². The summed E-state index contributed by atoms with van der Waals surface area (Å²) >= 11 is 0. The summed E-state index contributed by atoms with van der Waals surface area (Å²) in [5.41, 5.74) is -1.09. The molecule has 1 saturated heterocycles. The summed E-state index contributed by atoms with van der Waals surface area (Å²) in [6.45, 7) is 1.03. The second kappa shape index (κ2) is 9.54. The number of carbonyl (C=O) groups excluding carboxylic acids is 2. The number of likely N-dealkylation sites (tertiary alicyclic amines) is 1. The normalized spacial score (nSPS) is 22.3. The van der Waals surface area contributed by atoms with Crippen molar-refractivity contribution in [3.05, 3.63) is 35.4 Å². The first-order chi connectivity index (χ1) is 14.6. The third-order valence-corrected chi connectivity index (χ3v) is 5.68. The van der Waals surface area contributed by atoms with Gasteiger partial charge >= 0.3 is 12.3 Å². The predicted octanol–water partition coefficient (Wildman–Crippen LogP) is 1.81. The van der Waals surface area contributed by atoms with E-state index >= 15 is 0 Å². The van der Waals surface area contributed by atoms with Gasteiger partial charge in [0.25, 0.3) is 5.91 Å². The number of carbonyl (C=O) groups is 3. The molecule has 1 heterocycles. The van der Waals surface area contributed by atoms with Crippen LogP contribution in [0.5, 0.6) is 0 Å². The molecule has 4 N–H and O–H groups in total. The molecule has 1 aliphatic heterocycles. The Bertz CT molecular complexity index is 819. The highest BCUT2D eigenvalue weighted by Gasteiger charge is 2.35. The molecular weight excluding hydrogens is 417 g/mol. The Labute approximate surface area is 177 Å². The fraction of sp³-hybridized carbons (Fsp3) is 0.550. The SMILES string of the molecule is O=C(O)NC1CCC(N2CC(NC(=O)CNC(=O)c3cccc(C(F)(F)F)c3)C2)CC1. The molecule has 11 heteroatoms. The van der Waals surface area contributed by atoms with Crippen LogP contribution in [0.1, 0.15) is 41.6 Å². The lowest BCUT2D eigenvalue weighted by Gasteiger charge is -2.46. The largest absolute Gasteiger partial charge is 0.465 e. The topological polar surface area (TPSA) is 111 Å². The maximum absolute atomic E-state index is 12.7. The van der Waals surface area contributed by atoms with Crippen LogP contribution in [0.4, 0.5) is 18.0 Å². The van der Waals surface area contributed by atoms with E-state index in [0.717, 1.165) is 43.9 Å². The van der Waals surface area contributed by atoms with Gasteiger partial charge in [0.2, 0.25) is 5.91 Å². The zero-order valence-electron chi connectivity index (χ0n) is 16.7. The van der Waals surface area contributed by atoms with Crippen LogP contribution in [0, 0.1) is 0 Å². The second-order valence-corrected chi connectivity index (χ2v) is 7.93. The molecular formula is C20H25F3N4O4. The van der Waals surface area contributed by atoms with Crippen LogP contribution in [-0.4, -0.2) is 65.7 Å². The first-order valence-corrected chi connectivity index (χ1v) is 10.1. The Kier molecular flexibility index (Phi) is 7.04. The number of carboxylic acid groups (broad SMARTS) is 1. The number of nitrogens with zero attached hydrogens (tertiary/aromatic N) is 1. The molecule has 1 aromatic rings. The van der Waals surface area contributed by atoms with E-state index in [2.05, 4.69) is 20.9 Å². The van der Waals surface area contributed by atoms with Gasteiger partial charge in [-0.15, -0.1) is 0 Å². The average molecular weight is 442 g/mol. The van der Waals surface area contributed by atoms with E-state index < -0.39 is 29.6 Å². The van der Waals surface area contributed by atoms with Crippen molar-refractivity contribution in [2.75, 3.05) is 19.6 Å². The molecule has 170 valence electrons. The Morgan fingerprint density at radius 3 is 2.32 bits per heavy atom. The minimum atomic E-state index is -4.55. The van der Waals surface area contributed by atoms with E-state index in [9.17, 15) is 27.6 Å². The molecule has 8 nitrogen and oxygen atoms in total. The van der Waals surface area contributed by atoms with Crippen molar-refractivity contribution in [3.63, 3.8) is 0 Å². The molecule has 3 amide bonds. The first kappa shape index (κ1) is 22.9. The highest BCUT2D eigenvalue weighted by atomic mass is 19.4. The molecule has 2 fully saturated rings. The van der Waals surface area contributed by atoms with Crippen molar-refractivity contribution in [3.8, 4) is 0 Å². The van der Waals surface area contributed by atoms with Crippen LogP contribution in [0.15, 0.2) is 24.3 Å². The van der Waals surface area contributed by atoms with Gasteiger partial charge in [0.05, 0.1) is 18.2 Å². The van der Waals surface area contributed by atoms with Gasteiger partial charge in [0.15, 0.2) is 0 Å². The van der Waals surface area contributed by atoms with E-state index in [4.69, 9.17) is 5.11 Å². The average Bonchev–Trinajstić information content (AvgIpc) is 2.68. The summed E-state index contributed by atoms with van der Waals surface area (Å²) < 4.78 is 38.2. The molecule has 31 heavy (non-hydrogen) atoms. The van der Waals surface area contributed by atoms with Crippen molar-refractivity contribution >= 4 is 17.9 Å². The van der Waals surface area contributed by atoms with Gasteiger partial charge in [-0.1, -0.05) is 6.07 Å². The number of hydrogen-bond donors (Lipinski definition) is 4. The van der Waals surface area contributed by atoms with E-state index in [-0.39, 0.29) is 24.2 Å². The summed E-state index contributed by atoms with van der Waals surface area (Å²) in [5.74, 6) is -1.15. The van der Waals surface area contributed by atoms with Crippen LogP contribution >= 0.6 is 0 Å². The van der Waals surface area contributed by atoms with Crippen LogP contribution < -0.4 is 16.0 Å². The van der Waals surface area contributed by atoms with Crippen LogP contribution in [0.2, 0.25) is 0 Å². The number of halogens is 3. The lowest BCUT2D eigenvalue weighted by atomic mass is 9.88. The monoisotopic (exact) mass is 442 g/mol. The number of benzene rings is 1. The van der Waals surface area contributed by atoms with Gasteiger partial charge in [-0.05, 0) is 43.9 Å². The number of rotatable bonds is 6. The van der Waals surface area contributed by atoms with E-state index in [1.165, 1.54) is 6.07 Å². The lowest BCUT2D eigenvalue weighted by Crippen LogP contribution is -2.63. The van der Waals surface area contributed by atoms with Gasteiger partial charge in [-0.3, -0.25) is 14.5 Å². The van der Waals surface area contributed by atoms with Crippen LogP contribution in [-0.2, 0) is 11.0 Å². The van der Waals surface area contributed by atoms with Crippen molar-refractivity contribution < 1.29 is 32.7 Å². The highest BCUT2D eigenvalue weighted by molar-refractivity contribution is 5.96. The van der Waals surface area contributed by atoms with Crippen molar-refractivity contribution in [1.29, 1.82) is 0 Å². The standard InChI is InChI=1S/C20H25F3N4O4/c21-20(22,23)13-3-1-2-12(8-13)18(29)24-9-17(28)25-15-10-27(11-15)16-6-4-14(5-7-16)26-19(30)31/h1-3,8,14-16,26H,4-7,9-11H2,(H,24,29)(H,25,28)(H,30,31).